The normalized spacial score (nSPS) is 57.4. The van der Waals surface area contributed by atoms with Gasteiger partial charge in [0.25, 0.3) is 0 Å². The van der Waals surface area contributed by atoms with Gasteiger partial charge in [-0.2, -0.15) is 0 Å². The van der Waals surface area contributed by atoms with Gasteiger partial charge in [-0.1, -0.05) is 48.0 Å². The molecule has 0 unspecified atom stereocenters. The first kappa shape index (κ1) is 22.4. The van der Waals surface area contributed by atoms with Gasteiger partial charge >= 0.3 is 0 Å². The van der Waals surface area contributed by atoms with Crippen molar-refractivity contribution in [3.05, 3.63) is 0 Å². The molecule has 6 fully saturated rings. The van der Waals surface area contributed by atoms with Crippen LogP contribution in [-0.2, 0) is 9.47 Å². The van der Waals surface area contributed by atoms with E-state index in [0.29, 0.717) is 34.6 Å². The fourth-order valence-electron chi connectivity index (χ4n) is 11.7. The summed E-state index contributed by atoms with van der Waals surface area (Å²) in [6, 6.07) is 0. The fraction of sp³-hybridized carbons (Fsp3) is 1.00. The van der Waals surface area contributed by atoms with Crippen LogP contribution in [0.5, 0.6) is 0 Å². The number of ether oxygens (including phenoxy) is 2. The smallest absolute Gasteiger partial charge is 0.0875 e. The second-order valence-electron chi connectivity index (χ2n) is 14.2. The predicted molar refractivity (Wildman–Crippen MR) is 130 cm³/mol. The summed E-state index contributed by atoms with van der Waals surface area (Å²) in [6.07, 6.45) is 14.5. The zero-order chi connectivity index (χ0) is 22.6. The Kier molecular flexibility index (Phi) is 5.05. The van der Waals surface area contributed by atoms with Crippen molar-refractivity contribution >= 4 is 0 Å². The standard InChI is InChI=1S/C30H50O2/c1-8-20(17(2)3)27-26(32-27)18(4)22-9-10-23-21-15-25(31-7)30-16-19(30)11-14-29(30,6)24(21)12-13-28(22,23)5/h17-27H,8-16H2,1-7H3/t18-,19+,20-,21-,22+,23-,24-,25+,26-,27-,28+,29+,30-/m0/s1. The van der Waals surface area contributed by atoms with Crippen LogP contribution in [0.1, 0.15) is 99.3 Å². The Morgan fingerprint density at radius 1 is 0.969 bits per heavy atom. The van der Waals surface area contributed by atoms with E-state index >= 15 is 0 Å². The van der Waals surface area contributed by atoms with E-state index in [0.717, 1.165) is 47.3 Å². The van der Waals surface area contributed by atoms with Crippen LogP contribution >= 0.6 is 0 Å². The Hall–Kier alpha value is -0.0800. The highest BCUT2D eigenvalue weighted by atomic mass is 16.6. The van der Waals surface area contributed by atoms with E-state index in [1.54, 1.807) is 0 Å². The summed E-state index contributed by atoms with van der Waals surface area (Å²) < 4.78 is 12.8. The second-order valence-corrected chi connectivity index (χ2v) is 14.2. The van der Waals surface area contributed by atoms with E-state index in [2.05, 4.69) is 41.5 Å². The van der Waals surface area contributed by atoms with Gasteiger partial charge in [0.1, 0.15) is 0 Å². The Morgan fingerprint density at radius 3 is 2.41 bits per heavy atom. The highest BCUT2D eigenvalue weighted by molar-refractivity contribution is 5.26. The molecule has 0 aromatic carbocycles. The molecule has 1 spiro atoms. The lowest BCUT2D eigenvalue weighted by atomic mass is 9.45. The van der Waals surface area contributed by atoms with Crippen LogP contribution < -0.4 is 0 Å². The fourth-order valence-corrected chi connectivity index (χ4v) is 11.7. The van der Waals surface area contributed by atoms with Crippen LogP contribution in [-0.4, -0.2) is 25.4 Å². The van der Waals surface area contributed by atoms with Gasteiger partial charge in [0.05, 0.1) is 18.3 Å². The van der Waals surface area contributed by atoms with Crippen LogP contribution in [0.25, 0.3) is 0 Å². The Labute approximate surface area is 198 Å². The van der Waals surface area contributed by atoms with E-state index in [-0.39, 0.29) is 0 Å². The van der Waals surface area contributed by atoms with Crippen molar-refractivity contribution in [2.24, 2.45) is 63.6 Å². The molecule has 5 saturated carbocycles. The van der Waals surface area contributed by atoms with Crippen LogP contribution in [0.15, 0.2) is 0 Å². The molecule has 2 heteroatoms. The SMILES string of the molecule is CC[C@@H](C(C)C)[C@@H]1O[C@H]1[C@@H](C)[C@H]1CC[C@H]2[C@@H]3C[C@@H](OC)[C@]45C[C@H]4CC[C@]5(C)[C@H]3CC[C@]12C. The Morgan fingerprint density at radius 2 is 1.75 bits per heavy atom. The summed E-state index contributed by atoms with van der Waals surface area (Å²) in [6.45, 7) is 15.1. The molecule has 0 radical (unpaired) electrons. The molecule has 1 aliphatic heterocycles. The van der Waals surface area contributed by atoms with Gasteiger partial charge in [0.15, 0.2) is 0 Å². The molecule has 0 aromatic heterocycles. The van der Waals surface area contributed by atoms with Crippen molar-refractivity contribution in [1.29, 1.82) is 0 Å². The molecule has 13 atom stereocenters. The molecule has 6 aliphatic rings. The first-order valence-corrected chi connectivity index (χ1v) is 14.4. The van der Waals surface area contributed by atoms with Gasteiger partial charge in [-0.15, -0.1) is 0 Å². The molecule has 0 aromatic rings. The van der Waals surface area contributed by atoms with Crippen LogP contribution in [0, 0.1) is 63.6 Å². The first-order valence-electron chi connectivity index (χ1n) is 14.4. The lowest BCUT2D eigenvalue weighted by molar-refractivity contribution is -0.161. The van der Waals surface area contributed by atoms with E-state index in [1.807, 2.05) is 7.11 Å². The van der Waals surface area contributed by atoms with Crippen LogP contribution in [0.2, 0.25) is 0 Å². The third kappa shape index (κ3) is 2.66. The Balaban J connectivity index is 1.23. The maximum Gasteiger partial charge on any atom is 0.0875 e. The second kappa shape index (κ2) is 7.22. The minimum absolute atomic E-state index is 0.525. The van der Waals surface area contributed by atoms with Crippen molar-refractivity contribution in [3.63, 3.8) is 0 Å². The molecule has 1 heterocycles. The van der Waals surface area contributed by atoms with Crippen molar-refractivity contribution in [2.45, 2.75) is 118 Å². The lowest BCUT2D eigenvalue weighted by Gasteiger charge is -2.61. The summed E-state index contributed by atoms with van der Waals surface area (Å²) in [5.74, 6) is 6.83. The van der Waals surface area contributed by atoms with Gasteiger partial charge in [-0.05, 0) is 110 Å². The average Bonchev–Trinajstić information content (AvgIpc) is 3.63. The summed E-state index contributed by atoms with van der Waals surface area (Å²) in [5, 5.41) is 0. The number of hydrogen-bond acceptors (Lipinski definition) is 2. The van der Waals surface area contributed by atoms with Gasteiger partial charge in [-0.25, -0.2) is 0 Å². The number of fused-ring (bicyclic) bond motifs is 4. The topological polar surface area (TPSA) is 21.8 Å². The molecular formula is C30H50O2. The third-order valence-electron chi connectivity index (χ3n) is 13.4. The molecule has 2 nitrogen and oxygen atoms in total. The lowest BCUT2D eigenvalue weighted by Crippen LogP contribution is -2.57. The summed E-state index contributed by atoms with van der Waals surface area (Å²) in [5.41, 5.74) is 1.64. The summed E-state index contributed by atoms with van der Waals surface area (Å²) in [4.78, 5) is 0. The van der Waals surface area contributed by atoms with E-state index in [1.165, 1.54) is 57.8 Å². The number of rotatable bonds is 6. The van der Waals surface area contributed by atoms with Crippen LogP contribution in [0.3, 0.4) is 0 Å². The molecule has 0 N–H and O–H groups in total. The van der Waals surface area contributed by atoms with Crippen molar-refractivity contribution in [2.75, 3.05) is 7.11 Å². The number of hydrogen-bond donors (Lipinski definition) is 0. The predicted octanol–water partition coefficient (Wildman–Crippen LogP) is 7.36. The van der Waals surface area contributed by atoms with Crippen molar-refractivity contribution in [3.8, 4) is 0 Å². The molecule has 182 valence electrons. The number of methoxy groups -OCH3 is 1. The minimum atomic E-state index is 0.525. The van der Waals surface area contributed by atoms with E-state index in [9.17, 15) is 0 Å². The molecule has 5 aliphatic carbocycles. The minimum Gasteiger partial charge on any atom is -0.381 e. The first-order chi connectivity index (χ1) is 15.2. The van der Waals surface area contributed by atoms with Gasteiger partial charge in [0.2, 0.25) is 0 Å². The maximum atomic E-state index is 6.44. The van der Waals surface area contributed by atoms with Crippen molar-refractivity contribution < 1.29 is 9.47 Å². The highest BCUT2D eigenvalue weighted by Gasteiger charge is 2.77. The molecule has 6 rings (SSSR count). The molecule has 0 bridgehead atoms. The third-order valence-corrected chi connectivity index (χ3v) is 13.4. The van der Waals surface area contributed by atoms with Gasteiger partial charge < -0.3 is 9.47 Å². The van der Waals surface area contributed by atoms with E-state index in [4.69, 9.17) is 9.47 Å². The van der Waals surface area contributed by atoms with Crippen molar-refractivity contribution in [1.82, 2.24) is 0 Å². The Bertz CT molecular complexity index is 747. The van der Waals surface area contributed by atoms with E-state index < -0.39 is 0 Å². The summed E-state index contributed by atoms with van der Waals surface area (Å²) >= 11 is 0. The largest absolute Gasteiger partial charge is 0.381 e. The molecule has 0 amide bonds. The van der Waals surface area contributed by atoms with Crippen LogP contribution in [0.4, 0.5) is 0 Å². The molecule has 32 heavy (non-hydrogen) atoms. The zero-order valence-corrected chi connectivity index (χ0v) is 22.0. The number of epoxide rings is 1. The average molecular weight is 443 g/mol. The maximum absolute atomic E-state index is 6.44. The quantitative estimate of drug-likeness (QED) is 0.401. The summed E-state index contributed by atoms with van der Waals surface area (Å²) in [7, 11) is 2.03. The van der Waals surface area contributed by atoms with Gasteiger partial charge in [-0.3, -0.25) is 0 Å². The highest BCUT2D eigenvalue weighted by Crippen LogP contribution is 2.82. The van der Waals surface area contributed by atoms with Gasteiger partial charge in [0, 0.05) is 12.5 Å². The molecular weight excluding hydrogens is 392 g/mol. The zero-order valence-electron chi connectivity index (χ0n) is 22.0. The monoisotopic (exact) mass is 442 g/mol. The molecule has 1 saturated heterocycles.